The Morgan fingerprint density at radius 2 is 1.81 bits per heavy atom. The van der Waals surface area contributed by atoms with Crippen molar-refractivity contribution in [3.63, 3.8) is 0 Å². The molecule has 2 heterocycles. The molecule has 1 aromatic carbocycles. The summed E-state index contributed by atoms with van der Waals surface area (Å²) in [6.45, 7) is 2.08. The Hall–Kier alpha value is -2.48. The summed E-state index contributed by atoms with van der Waals surface area (Å²) in [5.41, 5.74) is 2.26. The van der Waals surface area contributed by atoms with Crippen molar-refractivity contribution in [2.45, 2.75) is 19.6 Å². The van der Waals surface area contributed by atoms with Crippen LogP contribution in [0.4, 0.5) is 5.00 Å². The highest BCUT2D eigenvalue weighted by Gasteiger charge is 2.14. The Kier molecular flexibility index (Phi) is 7.72. The molecule has 0 aliphatic heterocycles. The summed E-state index contributed by atoms with van der Waals surface area (Å²) in [6.07, 6.45) is 3.60. The maximum atomic E-state index is 10.9. The summed E-state index contributed by atoms with van der Waals surface area (Å²) >= 11 is 1.22. The van der Waals surface area contributed by atoms with Crippen LogP contribution >= 0.6 is 23.7 Å². The van der Waals surface area contributed by atoms with Crippen molar-refractivity contribution >= 4 is 28.7 Å². The topological polar surface area (TPSA) is 68.5 Å². The van der Waals surface area contributed by atoms with E-state index in [9.17, 15) is 10.1 Å². The Balaban J connectivity index is 0.00000261. The zero-order valence-corrected chi connectivity index (χ0v) is 16.4. The summed E-state index contributed by atoms with van der Waals surface area (Å²) in [7, 11) is 1.65. The molecule has 0 saturated heterocycles. The minimum absolute atomic E-state index is 0. The molecule has 27 heavy (non-hydrogen) atoms. The van der Waals surface area contributed by atoms with E-state index in [1.165, 1.54) is 11.3 Å². The molecule has 0 radical (unpaired) electrons. The third kappa shape index (κ3) is 6.02. The van der Waals surface area contributed by atoms with Gasteiger partial charge in [-0.1, -0.05) is 29.5 Å². The van der Waals surface area contributed by atoms with Crippen LogP contribution in [-0.4, -0.2) is 21.9 Å². The van der Waals surface area contributed by atoms with Gasteiger partial charge in [-0.15, -0.1) is 12.4 Å². The third-order valence-corrected chi connectivity index (χ3v) is 4.92. The fraction of sp³-hybridized carbons (Fsp3) is 0.211. The molecule has 2 aromatic heterocycles. The number of thiophene rings is 1. The van der Waals surface area contributed by atoms with Crippen molar-refractivity contribution < 1.29 is 9.66 Å². The van der Waals surface area contributed by atoms with Gasteiger partial charge in [-0.2, -0.15) is 0 Å². The lowest BCUT2D eigenvalue weighted by Gasteiger charge is -2.22. The lowest BCUT2D eigenvalue weighted by molar-refractivity contribution is -0.380. The monoisotopic (exact) mass is 405 g/mol. The molecule has 0 aliphatic rings. The van der Waals surface area contributed by atoms with Gasteiger partial charge in [-0.25, -0.2) is 0 Å². The van der Waals surface area contributed by atoms with Crippen LogP contribution < -0.4 is 4.74 Å². The van der Waals surface area contributed by atoms with Crippen LogP contribution in [0.15, 0.2) is 60.9 Å². The van der Waals surface area contributed by atoms with Crippen LogP contribution in [0, 0.1) is 10.1 Å². The van der Waals surface area contributed by atoms with Crippen molar-refractivity contribution in [3.8, 4) is 5.75 Å². The molecular weight excluding hydrogens is 386 g/mol. The fourth-order valence-corrected chi connectivity index (χ4v) is 3.54. The summed E-state index contributed by atoms with van der Waals surface area (Å²) < 4.78 is 5.21. The fourth-order valence-electron chi connectivity index (χ4n) is 2.68. The molecule has 3 rings (SSSR count). The van der Waals surface area contributed by atoms with Gasteiger partial charge in [0.2, 0.25) is 0 Å². The normalized spacial score (nSPS) is 10.4. The summed E-state index contributed by atoms with van der Waals surface area (Å²) in [4.78, 5) is 18.0. The van der Waals surface area contributed by atoms with E-state index >= 15 is 0 Å². The van der Waals surface area contributed by atoms with Crippen molar-refractivity contribution in [2.75, 3.05) is 7.11 Å². The van der Waals surface area contributed by atoms with Gasteiger partial charge in [-0.3, -0.25) is 20.0 Å². The second kappa shape index (κ2) is 10.0. The van der Waals surface area contributed by atoms with E-state index in [4.69, 9.17) is 4.74 Å². The molecule has 142 valence electrons. The second-order valence-corrected chi connectivity index (χ2v) is 7.00. The Morgan fingerprint density at radius 1 is 1.07 bits per heavy atom. The second-order valence-electron chi connectivity index (χ2n) is 5.85. The van der Waals surface area contributed by atoms with Gasteiger partial charge in [0.1, 0.15) is 5.75 Å². The minimum Gasteiger partial charge on any atom is -0.497 e. The standard InChI is InChI=1S/C19H19N3O3S.ClH/c1-25-17-6-4-15(5-7-17)12-21(13-16-3-2-10-20-11-16)14-18-8-9-19(26-18)22(23)24;/h2-11H,12-14H2,1H3;1H. The van der Waals surface area contributed by atoms with Gasteiger partial charge in [0.05, 0.1) is 12.0 Å². The van der Waals surface area contributed by atoms with Crippen LogP contribution in [0.2, 0.25) is 0 Å². The molecule has 0 atom stereocenters. The minimum atomic E-state index is -0.344. The smallest absolute Gasteiger partial charge is 0.324 e. The molecule has 0 aliphatic carbocycles. The van der Waals surface area contributed by atoms with E-state index in [1.54, 1.807) is 19.4 Å². The number of hydrogen-bond donors (Lipinski definition) is 0. The number of rotatable bonds is 8. The molecule has 0 saturated carbocycles. The van der Waals surface area contributed by atoms with E-state index in [2.05, 4.69) is 9.88 Å². The number of halogens is 1. The van der Waals surface area contributed by atoms with E-state index < -0.39 is 0 Å². The summed E-state index contributed by atoms with van der Waals surface area (Å²) in [5.74, 6) is 0.821. The van der Waals surface area contributed by atoms with E-state index in [-0.39, 0.29) is 22.3 Å². The van der Waals surface area contributed by atoms with E-state index in [0.29, 0.717) is 13.1 Å². The highest BCUT2D eigenvalue weighted by molar-refractivity contribution is 7.15. The number of methoxy groups -OCH3 is 1. The van der Waals surface area contributed by atoms with E-state index in [1.807, 2.05) is 48.7 Å². The quantitative estimate of drug-likeness (QED) is 0.402. The Morgan fingerprint density at radius 3 is 2.41 bits per heavy atom. The Labute approximate surface area is 168 Å². The lowest BCUT2D eigenvalue weighted by Crippen LogP contribution is -2.22. The number of nitrogens with zero attached hydrogens (tertiary/aromatic N) is 3. The van der Waals surface area contributed by atoms with E-state index in [0.717, 1.165) is 28.3 Å². The maximum absolute atomic E-state index is 10.9. The Bertz CT molecular complexity index is 856. The molecule has 8 heteroatoms. The zero-order valence-electron chi connectivity index (χ0n) is 14.8. The molecule has 0 unspecified atom stereocenters. The molecule has 3 aromatic rings. The van der Waals surface area contributed by atoms with Crippen LogP contribution in [0.25, 0.3) is 0 Å². The first-order valence-corrected chi connectivity index (χ1v) is 8.93. The molecule has 0 N–H and O–H groups in total. The summed E-state index contributed by atoms with van der Waals surface area (Å²) in [6, 6.07) is 15.3. The van der Waals surface area contributed by atoms with Crippen molar-refractivity contribution in [1.29, 1.82) is 0 Å². The van der Waals surface area contributed by atoms with Gasteiger partial charge in [0.15, 0.2) is 0 Å². The van der Waals surface area contributed by atoms with Crippen molar-refractivity contribution in [3.05, 3.63) is 87.0 Å². The number of aromatic nitrogens is 1. The molecule has 0 fully saturated rings. The number of benzene rings is 1. The molecule has 6 nitrogen and oxygen atoms in total. The first-order valence-electron chi connectivity index (χ1n) is 8.11. The molecule has 0 amide bonds. The largest absolute Gasteiger partial charge is 0.497 e. The first-order chi connectivity index (χ1) is 12.6. The maximum Gasteiger partial charge on any atom is 0.324 e. The number of nitro groups is 1. The van der Waals surface area contributed by atoms with Crippen molar-refractivity contribution in [1.82, 2.24) is 9.88 Å². The predicted octanol–water partition coefficient (Wildman–Crippen LogP) is 4.68. The summed E-state index contributed by atoms with van der Waals surface area (Å²) in [5, 5.41) is 11.1. The number of hydrogen-bond acceptors (Lipinski definition) is 6. The van der Waals surface area contributed by atoms with Gasteiger partial charge < -0.3 is 4.74 Å². The molecular formula is C19H20ClN3O3S. The zero-order chi connectivity index (χ0) is 18.4. The number of pyridine rings is 1. The average molecular weight is 406 g/mol. The SMILES string of the molecule is COc1ccc(CN(Cc2cccnc2)Cc2ccc([N+](=O)[O-])s2)cc1.Cl. The van der Waals surface area contributed by atoms with Gasteiger partial charge in [0, 0.05) is 43.0 Å². The van der Waals surface area contributed by atoms with Crippen LogP contribution in [0.5, 0.6) is 5.75 Å². The first kappa shape index (κ1) is 20.8. The highest BCUT2D eigenvalue weighted by Crippen LogP contribution is 2.26. The molecule has 0 bridgehead atoms. The van der Waals surface area contributed by atoms with Crippen molar-refractivity contribution in [2.24, 2.45) is 0 Å². The van der Waals surface area contributed by atoms with Gasteiger partial charge >= 0.3 is 5.00 Å². The van der Waals surface area contributed by atoms with Crippen LogP contribution in [-0.2, 0) is 19.6 Å². The number of ether oxygens (including phenoxy) is 1. The predicted molar refractivity (Wildman–Crippen MR) is 108 cm³/mol. The molecule has 0 spiro atoms. The average Bonchev–Trinajstić information content (AvgIpc) is 3.12. The lowest BCUT2D eigenvalue weighted by atomic mass is 10.2. The highest BCUT2D eigenvalue weighted by atomic mass is 35.5. The van der Waals surface area contributed by atoms with Crippen LogP contribution in [0.3, 0.4) is 0 Å². The third-order valence-electron chi connectivity index (χ3n) is 3.90. The van der Waals surface area contributed by atoms with Gasteiger partial charge in [0.25, 0.3) is 0 Å². The van der Waals surface area contributed by atoms with Crippen LogP contribution in [0.1, 0.15) is 16.0 Å². The van der Waals surface area contributed by atoms with Gasteiger partial charge in [-0.05, 0) is 35.4 Å².